The van der Waals surface area contributed by atoms with Crippen LogP contribution in [0.1, 0.15) is 38.2 Å². The lowest BCUT2D eigenvalue weighted by Gasteiger charge is -2.13. The standard InChI is InChI=1S/C25H24N2O2S/c1-15(2)25(28)29-30-24-22(23-21(27(24)3)9-6-14-26-23)20-13-12-17(16-10-11-16)18-7-4-5-8-19(18)20/h4-9,12-16H,10-11H2,1-3H3. The van der Waals surface area contributed by atoms with Crippen LogP contribution < -0.4 is 0 Å². The molecule has 2 aromatic heterocycles. The van der Waals surface area contributed by atoms with E-state index in [1.807, 2.05) is 33.2 Å². The van der Waals surface area contributed by atoms with E-state index in [-0.39, 0.29) is 11.9 Å². The van der Waals surface area contributed by atoms with Crippen molar-refractivity contribution in [3.05, 3.63) is 60.3 Å². The Labute approximate surface area is 180 Å². The van der Waals surface area contributed by atoms with Crippen molar-refractivity contribution in [3.8, 4) is 11.1 Å². The van der Waals surface area contributed by atoms with Gasteiger partial charge in [0.1, 0.15) is 17.1 Å². The van der Waals surface area contributed by atoms with Gasteiger partial charge >= 0.3 is 5.97 Å². The van der Waals surface area contributed by atoms with Crippen molar-refractivity contribution in [2.75, 3.05) is 0 Å². The number of fused-ring (bicyclic) bond motifs is 2. The van der Waals surface area contributed by atoms with Crippen LogP contribution >= 0.6 is 12.0 Å². The summed E-state index contributed by atoms with van der Waals surface area (Å²) in [6.07, 6.45) is 4.36. The van der Waals surface area contributed by atoms with Crippen LogP contribution in [0.5, 0.6) is 0 Å². The summed E-state index contributed by atoms with van der Waals surface area (Å²) in [4.78, 5) is 16.9. The van der Waals surface area contributed by atoms with Gasteiger partial charge in [0.05, 0.1) is 17.0 Å². The maximum Gasteiger partial charge on any atom is 0.320 e. The Balaban J connectivity index is 1.74. The van der Waals surface area contributed by atoms with Crippen molar-refractivity contribution in [2.24, 2.45) is 13.0 Å². The quantitative estimate of drug-likeness (QED) is 0.349. The number of pyridine rings is 1. The largest absolute Gasteiger partial charge is 0.384 e. The lowest BCUT2D eigenvalue weighted by atomic mass is 9.94. The number of hydrogen-bond donors (Lipinski definition) is 0. The summed E-state index contributed by atoms with van der Waals surface area (Å²) in [6.45, 7) is 3.69. The molecule has 2 heterocycles. The summed E-state index contributed by atoms with van der Waals surface area (Å²) >= 11 is 1.14. The molecule has 0 radical (unpaired) electrons. The SMILES string of the molecule is CC(C)C(=O)OSc1c(-c2ccc(C3CC3)c3ccccc23)c2ncccc2n1C. The van der Waals surface area contributed by atoms with Crippen molar-refractivity contribution >= 4 is 39.8 Å². The number of aryl methyl sites for hydroxylation is 1. The van der Waals surface area contributed by atoms with Crippen molar-refractivity contribution in [1.82, 2.24) is 9.55 Å². The molecule has 0 bridgehead atoms. The van der Waals surface area contributed by atoms with Gasteiger partial charge < -0.3 is 8.75 Å². The molecule has 152 valence electrons. The second kappa shape index (κ2) is 7.47. The molecule has 4 nitrogen and oxygen atoms in total. The molecule has 2 aromatic carbocycles. The Kier molecular flexibility index (Phi) is 4.78. The first-order valence-electron chi connectivity index (χ1n) is 10.4. The van der Waals surface area contributed by atoms with Gasteiger partial charge in [-0.15, -0.1) is 0 Å². The maximum absolute atomic E-state index is 12.2. The molecule has 0 spiro atoms. The van der Waals surface area contributed by atoms with Gasteiger partial charge in [-0.1, -0.05) is 50.2 Å². The molecule has 0 unspecified atom stereocenters. The van der Waals surface area contributed by atoms with Gasteiger partial charge in [0.15, 0.2) is 0 Å². The highest BCUT2D eigenvalue weighted by atomic mass is 32.2. The zero-order valence-electron chi connectivity index (χ0n) is 17.4. The number of carbonyl (C=O) groups excluding carboxylic acids is 1. The molecule has 1 saturated carbocycles. The Morgan fingerprint density at radius 2 is 1.87 bits per heavy atom. The molecular weight excluding hydrogens is 392 g/mol. The predicted molar refractivity (Wildman–Crippen MR) is 122 cm³/mol. The molecule has 1 fully saturated rings. The van der Waals surface area contributed by atoms with Crippen LogP contribution in [0.3, 0.4) is 0 Å². The monoisotopic (exact) mass is 416 g/mol. The first kappa shape index (κ1) is 19.2. The Morgan fingerprint density at radius 1 is 1.10 bits per heavy atom. The fourth-order valence-electron chi connectivity index (χ4n) is 4.05. The van der Waals surface area contributed by atoms with Crippen LogP contribution in [0.2, 0.25) is 0 Å². The first-order valence-corrected chi connectivity index (χ1v) is 11.1. The van der Waals surface area contributed by atoms with Crippen LogP contribution in [-0.2, 0) is 16.0 Å². The van der Waals surface area contributed by atoms with Crippen LogP contribution in [0.25, 0.3) is 32.9 Å². The zero-order valence-corrected chi connectivity index (χ0v) is 18.2. The minimum absolute atomic E-state index is 0.174. The van der Waals surface area contributed by atoms with E-state index in [1.54, 1.807) is 0 Å². The molecule has 0 saturated heterocycles. The van der Waals surface area contributed by atoms with Gasteiger partial charge in [0.25, 0.3) is 0 Å². The minimum atomic E-state index is -0.224. The predicted octanol–water partition coefficient (Wildman–Crippen LogP) is 6.48. The van der Waals surface area contributed by atoms with E-state index in [4.69, 9.17) is 9.17 Å². The highest BCUT2D eigenvalue weighted by Gasteiger charge is 2.27. The number of nitrogens with zero attached hydrogens (tertiary/aromatic N) is 2. The van der Waals surface area contributed by atoms with Crippen molar-refractivity contribution < 1.29 is 8.98 Å². The van der Waals surface area contributed by atoms with Gasteiger partial charge in [-0.2, -0.15) is 0 Å². The number of aromatic nitrogens is 2. The lowest BCUT2D eigenvalue weighted by Crippen LogP contribution is -2.07. The van der Waals surface area contributed by atoms with Crippen LogP contribution in [0.15, 0.2) is 59.8 Å². The van der Waals surface area contributed by atoms with Crippen molar-refractivity contribution in [2.45, 2.75) is 37.6 Å². The molecule has 1 aliphatic rings. The van der Waals surface area contributed by atoms with Gasteiger partial charge in [0.2, 0.25) is 0 Å². The molecular formula is C25H24N2O2S. The van der Waals surface area contributed by atoms with E-state index in [2.05, 4.69) is 47.0 Å². The van der Waals surface area contributed by atoms with Crippen molar-refractivity contribution in [1.29, 1.82) is 0 Å². The average molecular weight is 417 g/mol. The third-order valence-corrected chi connectivity index (χ3v) is 6.70. The molecule has 0 N–H and O–H groups in total. The van der Waals surface area contributed by atoms with Gasteiger partial charge in [0, 0.05) is 18.8 Å². The Hall–Kier alpha value is -2.79. The van der Waals surface area contributed by atoms with Crippen molar-refractivity contribution in [3.63, 3.8) is 0 Å². The average Bonchev–Trinajstić information content (AvgIpc) is 3.57. The van der Waals surface area contributed by atoms with E-state index in [0.717, 1.165) is 39.2 Å². The van der Waals surface area contributed by atoms with E-state index in [0.29, 0.717) is 5.92 Å². The van der Waals surface area contributed by atoms with Crippen LogP contribution in [-0.4, -0.2) is 15.5 Å². The van der Waals surface area contributed by atoms with Gasteiger partial charge in [-0.3, -0.25) is 9.78 Å². The van der Waals surface area contributed by atoms with E-state index >= 15 is 0 Å². The second-order valence-corrected chi connectivity index (χ2v) is 8.99. The smallest absolute Gasteiger partial charge is 0.320 e. The highest BCUT2D eigenvalue weighted by molar-refractivity contribution is 7.95. The third-order valence-electron chi connectivity index (χ3n) is 5.82. The third kappa shape index (κ3) is 3.18. The fraction of sp³-hybridized carbons (Fsp3) is 0.280. The molecule has 0 aliphatic heterocycles. The van der Waals surface area contributed by atoms with Gasteiger partial charge in [-0.05, 0) is 52.8 Å². The van der Waals surface area contributed by atoms with Crippen LogP contribution in [0.4, 0.5) is 0 Å². The molecule has 4 aromatic rings. The van der Waals surface area contributed by atoms with Gasteiger partial charge in [-0.25, -0.2) is 0 Å². The summed E-state index contributed by atoms with van der Waals surface area (Å²) in [5.41, 5.74) is 5.52. The Bertz CT molecular complexity index is 1270. The molecule has 5 rings (SSSR count). The molecule has 5 heteroatoms. The topological polar surface area (TPSA) is 44.1 Å². The zero-order chi connectivity index (χ0) is 20.8. The minimum Gasteiger partial charge on any atom is -0.384 e. The number of benzene rings is 2. The fourth-order valence-corrected chi connectivity index (χ4v) is 4.90. The molecule has 30 heavy (non-hydrogen) atoms. The van der Waals surface area contributed by atoms with E-state index < -0.39 is 0 Å². The Morgan fingerprint density at radius 3 is 2.60 bits per heavy atom. The maximum atomic E-state index is 12.2. The number of hydrogen-bond acceptors (Lipinski definition) is 4. The summed E-state index contributed by atoms with van der Waals surface area (Å²) in [5, 5.41) is 3.42. The molecule has 0 atom stereocenters. The molecule has 0 amide bonds. The van der Waals surface area contributed by atoms with E-state index in [9.17, 15) is 4.79 Å². The lowest BCUT2D eigenvalue weighted by molar-refractivity contribution is -0.136. The summed E-state index contributed by atoms with van der Waals surface area (Å²) in [5.74, 6) is 0.279. The van der Waals surface area contributed by atoms with E-state index in [1.165, 1.54) is 29.2 Å². The number of rotatable bonds is 5. The normalized spacial score (nSPS) is 14.0. The van der Waals surface area contributed by atoms with Crippen LogP contribution in [0, 0.1) is 5.92 Å². The number of carbonyl (C=O) groups is 1. The first-order chi connectivity index (χ1) is 14.6. The molecule has 1 aliphatic carbocycles. The highest BCUT2D eigenvalue weighted by Crippen LogP contribution is 2.47. The summed E-state index contributed by atoms with van der Waals surface area (Å²) in [7, 11) is 2.00. The summed E-state index contributed by atoms with van der Waals surface area (Å²) in [6, 6.07) is 17.1. The summed E-state index contributed by atoms with van der Waals surface area (Å²) < 4.78 is 7.64. The second-order valence-electron chi connectivity index (χ2n) is 8.27.